The monoisotopic (exact) mass is 191 g/mol. The number of aromatic nitrogens is 1. The van der Waals surface area contributed by atoms with Gasteiger partial charge >= 0.3 is 0 Å². The molecular weight excluding hydrogens is 174 g/mol. The molecule has 0 aromatic carbocycles. The molecule has 1 unspecified atom stereocenters. The molecule has 0 aliphatic heterocycles. The lowest BCUT2D eigenvalue weighted by molar-refractivity contribution is 0.111. The van der Waals surface area contributed by atoms with E-state index in [1.54, 1.807) is 12.4 Å². The molecule has 2 nitrogen and oxygen atoms in total. The van der Waals surface area contributed by atoms with Crippen molar-refractivity contribution in [3.8, 4) is 0 Å². The fraction of sp³-hybridized carbons (Fsp3) is 0.583. The average Bonchev–Trinajstić information content (AvgIpc) is 2.72. The molecule has 1 atom stereocenters. The van der Waals surface area contributed by atoms with Crippen LogP contribution in [0.25, 0.3) is 0 Å². The van der Waals surface area contributed by atoms with Gasteiger partial charge in [-0.2, -0.15) is 0 Å². The van der Waals surface area contributed by atoms with Gasteiger partial charge in [-0.25, -0.2) is 0 Å². The lowest BCUT2D eigenvalue weighted by Gasteiger charge is -2.17. The van der Waals surface area contributed by atoms with Gasteiger partial charge in [-0.05, 0) is 42.9 Å². The van der Waals surface area contributed by atoms with Crippen molar-refractivity contribution in [1.29, 1.82) is 0 Å². The van der Waals surface area contributed by atoms with Crippen molar-refractivity contribution in [1.82, 2.24) is 4.98 Å². The summed E-state index contributed by atoms with van der Waals surface area (Å²) in [6.07, 6.45) is 9.19. The van der Waals surface area contributed by atoms with Crippen LogP contribution in [0.2, 0.25) is 0 Å². The van der Waals surface area contributed by atoms with Gasteiger partial charge in [-0.15, -0.1) is 0 Å². The van der Waals surface area contributed by atoms with Crippen LogP contribution < -0.4 is 0 Å². The van der Waals surface area contributed by atoms with E-state index in [2.05, 4.69) is 4.98 Å². The molecule has 1 fully saturated rings. The Morgan fingerprint density at radius 2 is 1.93 bits per heavy atom. The minimum absolute atomic E-state index is 0.153. The van der Waals surface area contributed by atoms with Crippen molar-refractivity contribution in [2.45, 2.75) is 38.2 Å². The Balaban J connectivity index is 1.90. The van der Waals surface area contributed by atoms with E-state index >= 15 is 0 Å². The summed E-state index contributed by atoms with van der Waals surface area (Å²) in [5.41, 5.74) is 1.19. The second-order valence-electron chi connectivity index (χ2n) is 4.17. The van der Waals surface area contributed by atoms with Crippen molar-refractivity contribution >= 4 is 0 Å². The molecule has 1 N–H and O–H groups in total. The van der Waals surface area contributed by atoms with Gasteiger partial charge in [0.25, 0.3) is 0 Å². The smallest absolute Gasteiger partial charge is 0.0608 e. The van der Waals surface area contributed by atoms with Crippen LogP contribution in [0, 0.1) is 5.92 Å². The van der Waals surface area contributed by atoms with Gasteiger partial charge in [-0.3, -0.25) is 4.98 Å². The fourth-order valence-corrected chi connectivity index (χ4v) is 2.27. The van der Waals surface area contributed by atoms with Crippen LogP contribution in [0.5, 0.6) is 0 Å². The van der Waals surface area contributed by atoms with E-state index in [0.717, 1.165) is 6.42 Å². The minimum atomic E-state index is -0.153. The maximum Gasteiger partial charge on any atom is 0.0608 e. The first-order valence-electron chi connectivity index (χ1n) is 5.43. The second-order valence-corrected chi connectivity index (χ2v) is 4.17. The molecule has 1 aromatic rings. The standard InChI is InChI=1S/C12H17NO/c14-12(11-3-1-2-4-11)9-10-5-7-13-8-6-10/h5-8,11-12,14H,1-4,9H2. The lowest BCUT2D eigenvalue weighted by Crippen LogP contribution is -2.20. The maximum atomic E-state index is 9.98. The Kier molecular flexibility index (Phi) is 3.14. The summed E-state index contributed by atoms with van der Waals surface area (Å²) in [4.78, 5) is 3.97. The normalized spacial score (nSPS) is 19.8. The number of aliphatic hydroxyl groups excluding tert-OH is 1. The topological polar surface area (TPSA) is 33.1 Å². The Bertz CT molecular complexity index is 267. The Labute approximate surface area is 85.0 Å². The van der Waals surface area contributed by atoms with Crippen molar-refractivity contribution in [3.63, 3.8) is 0 Å². The van der Waals surface area contributed by atoms with Gasteiger partial charge in [0.1, 0.15) is 0 Å². The molecule has 1 aliphatic carbocycles. The van der Waals surface area contributed by atoms with E-state index in [0.29, 0.717) is 5.92 Å². The third-order valence-corrected chi connectivity index (χ3v) is 3.14. The van der Waals surface area contributed by atoms with Crippen molar-refractivity contribution in [3.05, 3.63) is 30.1 Å². The van der Waals surface area contributed by atoms with Crippen LogP contribution in [-0.2, 0) is 6.42 Å². The molecule has 1 heterocycles. The SMILES string of the molecule is OC(Cc1ccncc1)C1CCCC1. The number of nitrogens with zero attached hydrogens (tertiary/aromatic N) is 1. The second kappa shape index (κ2) is 4.56. The number of pyridine rings is 1. The molecule has 0 bridgehead atoms. The molecule has 0 radical (unpaired) electrons. The molecule has 0 spiro atoms. The first-order valence-corrected chi connectivity index (χ1v) is 5.43. The first kappa shape index (κ1) is 9.66. The highest BCUT2D eigenvalue weighted by Crippen LogP contribution is 2.28. The van der Waals surface area contributed by atoms with Crippen LogP contribution in [0.3, 0.4) is 0 Å². The average molecular weight is 191 g/mol. The van der Waals surface area contributed by atoms with Gasteiger partial charge in [0.05, 0.1) is 6.10 Å². The third kappa shape index (κ3) is 2.32. The Hall–Kier alpha value is -0.890. The summed E-state index contributed by atoms with van der Waals surface area (Å²) in [5.74, 6) is 0.531. The van der Waals surface area contributed by atoms with E-state index in [1.807, 2.05) is 12.1 Å². The van der Waals surface area contributed by atoms with E-state index in [9.17, 15) is 5.11 Å². The zero-order valence-corrected chi connectivity index (χ0v) is 8.39. The van der Waals surface area contributed by atoms with Gasteiger partial charge in [0.15, 0.2) is 0 Å². The van der Waals surface area contributed by atoms with E-state index in [-0.39, 0.29) is 6.10 Å². The quantitative estimate of drug-likeness (QED) is 0.794. The summed E-state index contributed by atoms with van der Waals surface area (Å²) in [6.45, 7) is 0. The molecule has 2 heteroatoms. The number of hydrogen-bond donors (Lipinski definition) is 1. The molecule has 1 aliphatic rings. The number of aliphatic hydroxyl groups is 1. The molecule has 0 saturated heterocycles. The highest BCUT2D eigenvalue weighted by atomic mass is 16.3. The highest BCUT2D eigenvalue weighted by molar-refractivity contribution is 5.11. The van der Waals surface area contributed by atoms with Gasteiger partial charge in [0, 0.05) is 12.4 Å². The molecule has 0 amide bonds. The van der Waals surface area contributed by atoms with Crippen LogP contribution in [-0.4, -0.2) is 16.2 Å². The third-order valence-electron chi connectivity index (χ3n) is 3.14. The maximum absolute atomic E-state index is 9.98. The van der Waals surface area contributed by atoms with Crippen LogP contribution in [0.1, 0.15) is 31.2 Å². The molecule has 1 aromatic heterocycles. The van der Waals surface area contributed by atoms with Crippen LogP contribution in [0.4, 0.5) is 0 Å². The number of rotatable bonds is 3. The summed E-state index contributed by atoms with van der Waals surface area (Å²) < 4.78 is 0. The fourth-order valence-electron chi connectivity index (χ4n) is 2.27. The number of hydrogen-bond acceptors (Lipinski definition) is 2. The predicted octanol–water partition coefficient (Wildman–Crippen LogP) is 2.18. The van der Waals surface area contributed by atoms with Crippen LogP contribution >= 0.6 is 0 Å². The summed E-state index contributed by atoms with van der Waals surface area (Å²) >= 11 is 0. The van der Waals surface area contributed by atoms with E-state index in [4.69, 9.17) is 0 Å². The molecule has 2 rings (SSSR count). The molecule has 1 saturated carbocycles. The lowest BCUT2D eigenvalue weighted by atomic mass is 9.95. The van der Waals surface area contributed by atoms with Gasteiger partial charge in [-0.1, -0.05) is 12.8 Å². The molecule has 14 heavy (non-hydrogen) atoms. The van der Waals surface area contributed by atoms with E-state index in [1.165, 1.54) is 31.2 Å². The first-order chi connectivity index (χ1) is 6.86. The van der Waals surface area contributed by atoms with Gasteiger partial charge < -0.3 is 5.11 Å². The highest BCUT2D eigenvalue weighted by Gasteiger charge is 2.22. The summed E-state index contributed by atoms with van der Waals surface area (Å²) in [7, 11) is 0. The Morgan fingerprint density at radius 1 is 1.29 bits per heavy atom. The minimum Gasteiger partial charge on any atom is -0.392 e. The molecular formula is C12H17NO. The Morgan fingerprint density at radius 3 is 2.57 bits per heavy atom. The van der Waals surface area contributed by atoms with Crippen LogP contribution in [0.15, 0.2) is 24.5 Å². The zero-order valence-electron chi connectivity index (χ0n) is 8.39. The summed E-state index contributed by atoms with van der Waals surface area (Å²) in [5, 5.41) is 9.98. The van der Waals surface area contributed by atoms with Gasteiger partial charge in [0.2, 0.25) is 0 Å². The van der Waals surface area contributed by atoms with Crippen molar-refractivity contribution < 1.29 is 5.11 Å². The molecule has 76 valence electrons. The van der Waals surface area contributed by atoms with Crippen molar-refractivity contribution in [2.24, 2.45) is 5.92 Å². The van der Waals surface area contributed by atoms with Crippen molar-refractivity contribution in [2.75, 3.05) is 0 Å². The van der Waals surface area contributed by atoms with E-state index < -0.39 is 0 Å². The predicted molar refractivity (Wildman–Crippen MR) is 55.9 cm³/mol. The zero-order chi connectivity index (χ0) is 9.80. The largest absolute Gasteiger partial charge is 0.392 e. The summed E-state index contributed by atoms with van der Waals surface area (Å²) in [6, 6.07) is 3.97.